The van der Waals surface area contributed by atoms with Gasteiger partial charge in [-0.3, -0.25) is 9.59 Å². The summed E-state index contributed by atoms with van der Waals surface area (Å²) in [6.07, 6.45) is 0. The Hall–Kier alpha value is -1.57. The molecule has 2 aromatic rings. The molecule has 2 aromatic carbocycles. The van der Waals surface area contributed by atoms with Gasteiger partial charge in [-0.2, -0.15) is 0 Å². The van der Waals surface area contributed by atoms with E-state index < -0.39 is 11.6 Å². The maximum atomic E-state index is 13.1. The highest BCUT2D eigenvalue weighted by Crippen LogP contribution is 2.28. The van der Waals surface area contributed by atoms with Gasteiger partial charge in [-0.05, 0) is 63.6 Å². The highest BCUT2D eigenvalue weighted by Gasteiger charge is 2.28. The molecule has 162 valence electrons. The molecule has 0 saturated heterocycles. The smallest absolute Gasteiger partial charge is 0.261 e. The van der Waals surface area contributed by atoms with E-state index in [4.69, 9.17) is 16.3 Å². The molecule has 0 bridgehead atoms. The third-order valence-corrected chi connectivity index (χ3v) is 5.43. The fourth-order valence-corrected chi connectivity index (χ4v) is 3.88. The number of hydrogen-bond acceptors (Lipinski definition) is 3. The van der Waals surface area contributed by atoms with Crippen LogP contribution in [0.1, 0.15) is 33.3 Å². The number of nitrogens with one attached hydrogen (secondary N) is 1. The topological polar surface area (TPSA) is 58.6 Å². The van der Waals surface area contributed by atoms with E-state index in [0.717, 1.165) is 14.5 Å². The van der Waals surface area contributed by atoms with Crippen molar-refractivity contribution in [3.8, 4) is 5.75 Å². The average Bonchev–Trinajstić information content (AvgIpc) is 2.63. The van der Waals surface area contributed by atoms with Crippen molar-refractivity contribution in [2.45, 2.75) is 45.8 Å². The molecule has 5 nitrogen and oxygen atoms in total. The minimum atomic E-state index is -0.681. The molecule has 1 unspecified atom stereocenters. The number of ether oxygens (including phenoxy) is 1. The second-order valence-electron chi connectivity index (χ2n) is 7.93. The van der Waals surface area contributed by atoms with Gasteiger partial charge in [-0.1, -0.05) is 55.6 Å². The number of halogens is 3. The summed E-state index contributed by atoms with van der Waals surface area (Å²) < 4.78 is 7.36. The van der Waals surface area contributed by atoms with Gasteiger partial charge in [0, 0.05) is 21.0 Å². The van der Waals surface area contributed by atoms with Crippen LogP contribution in [0, 0.1) is 0 Å². The van der Waals surface area contributed by atoms with Crippen molar-refractivity contribution in [1.82, 2.24) is 10.2 Å². The van der Waals surface area contributed by atoms with Crippen LogP contribution in [0.3, 0.4) is 0 Å². The molecule has 2 rings (SSSR count). The summed E-state index contributed by atoms with van der Waals surface area (Å²) in [5.74, 6) is -0.138. The van der Waals surface area contributed by atoms with Gasteiger partial charge in [0.05, 0.1) is 5.02 Å². The third-order valence-electron chi connectivity index (χ3n) is 4.15. The first-order chi connectivity index (χ1) is 14.0. The lowest BCUT2D eigenvalue weighted by Gasteiger charge is -2.31. The van der Waals surface area contributed by atoms with Crippen molar-refractivity contribution in [1.29, 1.82) is 0 Å². The largest absolute Gasteiger partial charge is 0.482 e. The molecule has 0 aliphatic carbocycles. The highest BCUT2D eigenvalue weighted by atomic mass is 79.9. The van der Waals surface area contributed by atoms with Crippen LogP contribution in [0.2, 0.25) is 5.02 Å². The normalized spacial score (nSPS) is 12.2. The van der Waals surface area contributed by atoms with Crippen LogP contribution in [-0.2, 0) is 16.1 Å². The quantitative estimate of drug-likeness (QED) is 0.481. The molecular formula is C22H25Br2ClN2O3. The lowest BCUT2D eigenvalue weighted by Crippen LogP contribution is -2.53. The Morgan fingerprint density at radius 1 is 1.13 bits per heavy atom. The fourth-order valence-electron chi connectivity index (χ4n) is 2.70. The van der Waals surface area contributed by atoms with Gasteiger partial charge in [-0.15, -0.1) is 0 Å². The molecule has 8 heteroatoms. The molecule has 0 radical (unpaired) electrons. The SMILES string of the molecule is CC(C(=O)NC(C)(C)C)N(Cc1cccc(Br)c1)C(=O)COc1ccc(Br)cc1Cl. The van der Waals surface area contributed by atoms with Crippen molar-refractivity contribution >= 4 is 55.3 Å². The number of carbonyl (C=O) groups is 2. The molecule has 30 heavy (non-hydrogen) atoms. The van der Waals surface area contributed by atoms with E-state index in [1.165, 1.54) is 4.90 Å². The van der Waals surface area contributed by atoms with Crippen LogP contribution in [-0.4, -0.2) is 34.9 Å². The zero-order chi connectivity index (χ0) is 22.5. The Balaban J connectivity index is 2.20. The van der Waals surface area contributed by atoms with Gasteiger partial charge >= 0.3 is 0 Å². The van der Waals surface area contributed by atoms with E-state index in [-0.39, 0.29) is 25.0 Å². The van der Waals surface area contributed by atoms with Crippen LogP contribution < -0.4 is 10.1 Å². The molecule has 2 amide bonds. The van der Waals surface area contributed by atoms with Gasteiger partial charge in [0.2, 0.25) is 5.91 Å². The Bertz CT molecular complexity index is 915. The van der Waals surface area contributed by atoms with E-state index in [1.54, 1.807) is 25.1 Å². The summed E-state index contributed by atoms with van der Waals surface area (Å²) in [5.41, 5.74) is 0.493. The Morgan fingerprint density at radius 2 is 1.80 bits per heavy atom. The van der Waals surface area contributed by atoms with Crippen LogP contribution in [0.4, 0.5) is 0 Å². The fraction of sp³-hybridized carbons (Fsp3) is 0.364. The number of hydrogen-bond donors (Lipinski definition) is 1. The van der Waals surface area contributed by atoms with Crippen LogP contribution in [0.15, 0.2) is 51.4 Å². The summed E-state index contributed by atoms with van der Waals surface area (Å²) in [6, 6.07) is 12.1. The maximum absolute atomic E-state index is 13.1. The molecule has 0 fully saturated rings. The van der Waals surface area contributed by atoms with Gasteiger partial charge in [0.15, 0.2) is 6.61 Å². The molecule has 0 heterocycles. The van der Waals surface area contributed by atoms with Crippen molar-refractivity contribution in [2.75, 3.05) is 6.61 Å². The van der Waals surface area contributed by atoms with E-state index in [1.807, 2.05) is 45.0 Å². The molecule has 0 saturated carbocycles. The molecule has 1 N–H and O–H groups in total. The van der Waals surface area contributed by atoms with Crippen molar-refractivity contribution in [3.05, 3.63) is 62.0 Å². The summed E-state index contributed by atoms with van der Waals surface area (Å²) in [6.45, 7) is 7.45. The number of benzene rings is 2. The number of amides is 2. The molecule has 1 atom stereocenters. The summed E-state index contributed by atoms with van der Waals surface area (Å²) in [5, 5.41) is 3.33. The molecule has 0 aliphatic heterocycles. The Morgan fingerprint density at radius 3 is 2.40 bits per heavy atom. The molecule has 0 aliphatic rings. The first-order valence-electron chi connectivity index (χ1n) is 9.40. The highest BCUT2D eigenvalue weighted by molar-refractivity contribution is 9.10. The zero-order valence-electron chi connectivity index (χ0n) is 17.3. The van der Waals surface area contributed by atoms with Gasteiger partial charge < -0.3 is 15.0 Å². The minimum absolute atomic E-state index is 0.229. The lowest BCUT2D eigenvalue weighted by atomic mass is 10.1. The van der Waals surface area contributed by atoms with E-state index in [2.05, 4.69) is 37.2 Å². The van der Waals surface area contributed by atoms with E-state index in [9.17, 15) is 9.59 Å². The minimum Gasteiger partial charge on any atom is -0.482 e. The average molecular weight is 561 g/mol. The molecule has 0 spiro atoms. The summed E-state index contributed by atoms with van der Waals surface area (Å²) >= 11 is 13.0. The first-order valence-corrected chi connectivity index (χ1v) is 11.4. The Labute approximate surface area is 199 Å². The van der Waals surface area contributed by atoms with Crippen LogP contribution in [0.25, 0.3) is 0 Å². The third kappa shape index (κ3) is 7.60. The maximum Gasteiger partial charge on any atom is 0.261 e. The lowest BCUT2D eigenvalue weighted by molar-refractivity contribution is -0.142. The molecule has 0 aromatic heterocycles. The van der Waals surface area contributed by atoms with Gasteiger partial charge in [0.1, 0.15) is 11.8 Å². The second kappa shape index (κ2) is 10.6. The Kier molecular flexibility index (Phi) is 8.76. The summed E-state index contributed by atoms with van der Waals surface area (Å²) in [4.78, 5) is 27.3. The molecular weight excluding hydrogens is 536 g/mol. The predicted octanol–water partition coefficient (Wildman–Crippen LogP) is 5.58. The zero-order valence-corrected chi connectivity index (χ0v) is 21.3. The first kappa shape index (κ1) is 24.7. The van der Waals surface area contributed by atoms with Crippen molar-refractivity contribution < 1.29 is 14.3 Å². The van der Waals surface area contributed by atoms with Crippen LogP contribution >= 0.6 is 43.5 Å². The number of nitrogens with zero attached hydrogens (tertiary/aromatic N) is 1. The van der Waals surface area contributed by atoms with Crippen molar-refractivity contribution in [2.24, 2.45) is 0 Å². The number of carbonyl (C=O) groups excluding carboxylic acids is 2. The van der Waals surface area contributed by atoms with Gasteiger partial charge in [0.25, 0.3) is 5.91 Å². The number of rotatable bonds is 7. The van der Waals surface area contributed by atoms with Crippen LogP contribution in [0.5, 0.6) is 5.75 Å². The summed E-state index contributed by atoms with van der Waals surface area (Å²) in [7, 11) is 0. The van der Waals surface area contributed by atoms with E-state index >= 15 is 0 Å². The van der Waals surface area contributed by atoms with Gasteiger partial charge in [-0.25, -0.2) is 0 Å². The standard InChI is InChI=1S/C22H25Br2ClN2O3/c1-14(21(29)26-22(2,3)4)27(12-15-6-5-7-16(23)10-15)20(28)13-30-19-9-8-17(24)11-18(19)25/h5-11,14H,12-13H2,1-4H3,(H,26,29). The second-order valence-corrected chi connectivity index (χ2v) is 10.2. The predicted molar refractivity (Wildman–Crippen MR) is 127 cm³/mol. The van der Waals surface area contributed by atoms with Crippen molar-refractivity contribution in [3.63, 3.8) is 0 Å². The monoisotopic (exact) mass is 558 g/mol. The van der Waals surface area contributed by atoms with E-state index in [0.29, 0.717) is 10.8 Å².